The van der Waals surface area contributed by atoms with Gasteiger partial charge in [0.2, 0.25) is 10.0 Å². The molecule has 0 atom stereocenters. The lowest BCUT2D eigenvalue weighted by molar-refractivity contribution is 0.0601. The van der Waals surface area contributed by atoms with Crippen molar-refractivity contribution >= 4 is 38.7 Å². The molecule has 3 aromatic carbocycles. The molecule has 10 heteroatoms. The van der Waals surface area contributed by atoms with Crippen LogP contribution in [-0.2, 0) is 38.9 Å². The minimum atomic E-state index is -3.78. The molecule has 0 saturated heterocycles. The van der Waals surface area contributed by atoms with Gasteiger partial charge in [-0.25, -0.2) is 23.3 Å². The number of rotatable bonds is 8. The molecular formula is C29H31N3O5S2. The molecular weight excluding hydrogens is 534 g/mol. The highest BCUT2D eigenvalue weighted by molar-refractivity contribution is 7.98. The molecule has 8 nitrogen and oxygen atoms in total. The Morgan fingerprint density at radius 2 is 1.64 bits per heavy atom. The zero-order valence-corrected chi connectivity index (χ0v) is 23.9. The number of carbonyl (C=O) groups excluding carboxylic acids is 1. The second-order valence-electron chi connectivity index (χ2n) is 10.2. The first-order valence-corrected chi connectivity index (χ1v) is 14.9. The van der Waals surface area contributed by atoms with Crippen molar-refractivity contribution in [1.29, 1.82) is 0 Å². The normalized spacial score (nSPS) is 12.0. The zero-order valence-electron chi connectivity index (χ0n) is 22.3. The second-order valence-corrected chi connectivity index (χ2v) is 12.8. The number of hydrogen-bond donors (Lipinski definition) is 1. The van der Waals surface area contributed by atoms with Gasteiger partial charge in [-0.05, 0) is 58.9 Å². The van der Waals surface area contributed by atoms with Crippen LogP contribution >= 0.6 is 11.8 Å². The molecule has 0 aliphatic carbocycles. The molecule has 0 radical (unpaired) electrons. The van der Waals surface area contributed by atoms with Crippen molar-refractivity contribution in [3.8, 4) is 0 Å². The van der Waals surface area contributed by atoms with Crippen LogP contribution in [0.1, 0.15) is 47.8 Å². The Kier molecular flexibility index (Phi) is 8.29. The topological polar surface area (TPSA) is 121 Å². The summed E-state index contributed by atoms with van der Waals surface area (Å²) in [6.45, 7) is 6.83. The van der Waals surface area contributed by atoms with E-state index in [-0.39, 0.29) is 15.9 Å². The molecule has 1 aromatic heterocycles. The summed E-state index contributed by atoms with van der Waals surface area (Å²) in [7, 11) is -2.48. The number of carbonyl (C=O) groups is 1. The van der Waals surface area contributed by atoms with Gasteiger partial charge >= 0.3 is 5.97 Å². The highest BCUT2D eigenvalue weighted by Crippen LogP contribution is 2.26. The largest absolute Gasteiger partial charge is 0.465 e. The quantitative estimate of drug-likeness (QED) is 0.187. The van der Waals surface area contributed by atoms with E-state index in [1.165, 1.54) is 36.6 Å². The fourth-order valence-corrected chi connectivity index (χ4v) is 5.59. The Labute approximate surface area is 232 Å². The SMILES string of the molecule is COC(=O)c1ccc2c(=O)n(CCc3ccc(S(N)(=O)=O)cc3)c(SCc3ccc(C(C)(C)C)cc3)nc2c1. The number of fused-ring (bicyclic) bond motifs is 1. The monoisotopic (exact) mass is 565 g/mol. The smallest absolute Gasteiger partial charge is 0.337 e. The number of aromatic nitrogens is 2. The van der Waals surface area contributed by atoms with Crippen LogP contribution in [0.2, 0.25) is 0 Å². The van der Waals surface area contributed by atoms with Crippen LogP contribution < -0.4 is 10.7 Å². The van der Waals surface area contributed by atoms with Gasteiger partial charge in [-0.15, -0.1) is 0 Å². The first kappa shape index (κ1) is 28.5. The molecule has 0 unspecified atom stereocenters. The van der Waals surface area contributed by atoms with Crippen LogP contribution in [0.3, 0.4) is 0 Å². The first-order valence-electron chi connectivity index (χ1n) is 12.3. The molecule has 0 aliphatic rings. The maximum absolute atomic E-state index is 13.6. The van der Waals surface area contributed by atoms with Crippen molar-refractivity contribution < 1.29 is 17.9 Å². The van der Waals surface area contributed by atoms with E-state index in [2.05, 4.69) is 45.0 Å². The van der Waals surface area contributed by atoms with Crippen LogP contribution in [0.4, 0.5) is 0 Å². The number of sulfonamides is 1. The lowest BCUT2D eigenvalue weighted by atomic mass is 9.87. The van der Waals surface area contributed by atoms with E-state index in [0.29, 0.717) is 40.3 Å². The van der Waals surface area contributed by atoms with Crippen LogP contribution in [0, 0.1) is 0 Å². The minimum absolute atomic E-state index is 0.0333. The molecule has 0 spiro atoms. The molecule has 0 fully saturated rings. The molecule has 0 bridgehead atoms. The summed E-state index contributed by atoms with van der Waals surface area (Å²) in [5, 5.41) is 6.12. The van der Waals surface area contributed by atoms with Gasteiger partial charge in [0.1, 0.15) is 0 Å². The highest BCUT2D eigenvalue weighted by atomic mass is 32.2. The number of methoxy groups -OCH3 is 1. The van der Waals surface area contributed by atoms with E-state index in [1.807, 2.05) is 0 Å². The summed E-state index contributed by atoms with van der Waals surface area (Å²) >= 11 is 1.44. The summed E-state index contributed by atoms with van der Waals surface area (Å²) in [6.07, 6.45) is 0.478. The van der Waals surface area contributed by atoms with E-state index >= 15 is 0 Å². The van der Waals surface area contributed by atoms with Crippen molar-refractivity contribution in [2.45, 2.75) is 55.0 Å². The van der Waals surface area contributed by atoms with Crippen LogP contribution in [-0.4, -0.2) is 31.0 Å². The average Bonchev–Trinajstić information content (AvgIpc) is 2.90. The van der Waals surface area contributed by atoms with Gasteiger partial charge in [-0.3, -0.25) is 9.36 Å². The Morgan fingerprint density at radius 1 is 1.00 bits per heavy atom. The van der Waals surface area contributed by atoms with Gasteiger partial charge in [0.15, 0.2) is 5.16 Å². The van der Waals surface area contributed by atoms with Crippen LogP contribution in [0.5, 0.6) is 0 Å². The summed E-state index contributed by atoms with van der Waals surface area (Å²) in [6, 6.07) is 19.4. The summed E-state index contributed by atoms with van der Waals surface area (Å²) in [5.41, 5.74) is 3.75. The van der Waals surface area contributed by atoms with E-state index in [9.17, 15) is 18.0 Å². The Bertz CT molecular complexity index is 1670. The van der Waals surface area contributed by atoms with Crippen LogP contribution in [0.25, 0.3) is 10.9 Å². The van der Waals surface area contributed by atoms with Gasteiger partial charge in [0.25, 0.3) is 5.56 Å². The maximum atomic E-state index is 13.6. The molecule has 39 heavy (non-hydrogen) atoms. The average molecular weight is 566 g/mol. The number of benzene rings is 3. The van der Waals surface area contributed by atoms with Crippen molar-refractivity contribution in [2.24, 2.45) is 5.14 Å². The molecule has 0 amide bonds. The summed E-state index contributed by atoms with van der Waals surface area (Å²) in [4.78, 5) is 30.4. The van der Waals surface area contributed by atoms with Gasteiger partial charge in [0.05, 0.1) is 28.5 Å². The number of nitrogens with two attached hydrogens (primary N) is 1. The fourth-order valence-electron chi connectivity index (χ4n) is 4.09. The third kappa shape index (κ3) is 6.76. The van der Waals surface area contributed by atoms with Gasteiger partial charge < -0.3 is 4.74 Å². The van der Waals surface area contributed by atoms with Crippen molar-refractivity contribution in [3.63, 3.8) is 0 Å². The molecule has 4 rings (SSSR count). The number of nitrogens with zero attached hydrogens (tertiary/aromatic N) is 2. The molecule has 1 heterocycles. The Hall–Kier alpha value is -3.47. The Balaban J connectivity index is 1.67. The van der Waals surface area contributed by atoms with E-state index in [1.54, 1.807) is 34.9 Å². The van der Waals surface area contributed by atoms with Crippen molar-refractivity contribution in [2.75, 3.05) is 7.11 Å². The van der Waals surface area contributed by atoms with Gasteiger partial charge in [-0.1, -0.05) is 68.9 Å². The third-order valence-electron chi connectivity index (χ3n) is 6.41. The summed E-state index contributed by atoms with van der Waals surface area (Å²) < 4.78 is 29.6. The molecule has 204 valence electrons. The number of hydrogen-bond acceptors (Lipinski definition) is 7. The zero-order chi connectivity index (χ0) is 28.4. The fraction of sp³-hybridized carbons (Fsp3) is 0.276. The number of ether oxygens (including phenoxy) is 1. The predicted octanol–water partition coefficient (Wildman–Crippen LogP) is 4.66. The van der Waals surface area contributed by atoms with Crippen molar-refractivity contribution in [1.82, 2.24) is 9.55 Å². The predicted molar refractivity (Wildman–Crippen MR) is 154 cm³/mol. The lowest BCUT2D eigenvalue weighted by Gasteiger charge is -2.19. The molecule has 4 aromatic rings. The van der Waals surface area contributed by atoms with Crippen molar-refractivity contribution in [3.05, 3.63) is 99.3 Å². The molecule has 2 N–H and O–H groups in total. The molecule has 0 saturated carbocycles. The second kappa shape index (κ2) is 11.3. The number of primary sulfonamides is 1. The number of esters is 1. The molecule has 0 aliphatic heterocycles. The number of aryl methyl sites for hydroxylation is 1. The van der Waals surface area contributed by atoms with Gasteiger partial charge in [0, 0.05) is 12.3 Å². The Morgan fingerprint density at radius 3 is 2.23 bits per heavy atom. The maximum Gasteiger partial charge on any atom is 0.337 e. The van der Waals surface area contributed by atoms with E-state index in [4.69, 9.17) is 14.9 Å². The third-order valence-corrected chi connectivity index (χ3v) is 8.38. The van der Waals surface area contributed by atoms with Gasteiger partial charge in [-0.2, -0.15) is 0 Å². The summed E-state index contributed by atoms with van der Waals surface area (Å²) in [5.74, 6) is 0.0984. The first-order chi connectivity index (χ1) is 18.4. The number of thioether (sulfide) groups is 1. The highest BCUT2D eigenvalue weighted by Gasteiger charge is 2.16. The van der Waals surface area contributed by atoms with E-state index in [0.717, 1.165) is 11.1 Å². The standard InChI is InChI=1S/C29H31N3O5S2/c1-29(2,3)22-10-5-20(6-11-22)18-38-28-31-25-17-21(27(34)37-4)9-14-24(25)26(33)32(28)16-15-19-7-12-23(13-8-19)39(30,35)36/h5-14,17H,15-16,18H2,1-4H3,(H2,30,35,36). The van der Waals surface area contributed by atoms with E-state index < -0.39 is 16.0 Å². The van der Waals surface area contributed by atoms with Crippen LogP contribution in [0.15, 0.2) is 81.6 Å². The minimum Gasteiger partial charge on any atom is -0.465 e. The lowest BCUT2D eigenvalue weighted by Crippen LogP contribution is -2.24.